The Bertz CT molecular complexity index is 953. The monoisotopic (exact) mass is 375 g/mol. The van der Waals surface area contributed by atoms with E-state index in [0.717, 1.165) is 49.4 Å². The Morgan fingerprint density at radius 1 is 0.962 bits per heavy atom. The Morgan fingerprint density at radius 3 is 2.38 bits per heavy atom. The van der Waals surface area contributed by atoms with E-state index < -0.39 is 11.6 Å². The standard InChI is InChI=1S/C18H16ClF2N5/c1-11-8-17(24-18(19)23-11)26-6-4-25(5-7-26)16-2-3-22-15-10-14(21)13(20)9-12(15)16/h2-3,8-10H,4-7H2,1H3. The molecule has 0 radical (unpaired) electrons. The number of nitrogens with zero attached hydrogens (tertiary/aromatic N) is 5. The van der Waals surface area contributed by atoms with E-state index >= 15 is 0 Å². The fourth-order valence-electron chi connectivity index (χ4n) is 3.26. The van der Waals surface area contributed by atoms with Gasteiger partial charge in [0.05, 0.1) is 5.52 Å². The highest BCUT2D eigenvalue weighted by molar-refractivity contribution is 6.28. The van der Waals surface area contributed by atoms with Gasteiger partial charge in [0.1, 0.15) is 5.82 Å². The quantitative estimate of drug-likeness (QED) is 0.640. The number of piperazine rings is 1. The molecule has 1 aromatic carbocycles. The van der Waals surface area contributed by atoms with Crippen LogP contribution in [0.4, 0.5) is 20.3 Å². The van der Waals surface area contributed by atoms with Crippen molar-refractivity contribution in [1.29, 1.82) is 0 Å². The Balaban J connectivity index is 1.58. The van der Waals surface area contributed by atoms with Gasteiger partial charge in [-0.3, -0.25) is 4.98 Å². The van der Waals surface area contributed by atoms with Crippen LogP contribution in [0.25, 0.3) is 10.9 Å². The predicted octanol–water partition coefficient (Wildman–Crippen LogP) is 3.59. The number of aromatic nitrogens is 3. The number of rotatable bonds is 2. The summed E-state index contributed by atoms with van der Waals surface area (Å²) in [5.41, 5.74) is 2.12. The van der Waals surface area contributed by atoms with E-state index in [1.54, 1.807) is 6.20 Å². The lowest BCUT2D eigenvalue weighted by Crippen LogP contribution is -2.47. The fraction of sp³-hybridized carbons (Fsp3) is 0.278. The van der Waals surface area contributed by atoms with Gasteiger partial charge in [0.15, 0.2) is 11.6 Å². The Labute approximate surface area is 154 Å². The van der Waals surface area contributed by atoms with Crippen molar-refractivity contribution in [2.24, 2.45) is 0 Å². The summed E-state index contributed by atoms with van der Waals surface area (Å²) in [4.78, 5) is 16.8. The van der Waals surface area contributed by atoms with Crippen LogP contribution in [0.2, 0.25) is 5.28 Å². The van der Waals surface area contributed by atoms with E-state index in [1.807, 2.05) is 19.1 Å². The molecule has 0 spiro atoms. The number of halogens is 3. The minimum absolute atomic E-state index is 0.236. The normalized spacial score (nSPS) is 14.9. The molecule has 3 aromatic rings. The molecular formula is C18H16ClF2N5. The lowest BCUT2D eigenvalue weighted by atomic mass is 10.1. The van der Waals surface area contributed by atoms with Gasteiger partial charge in [-0.2, -0.15) is 0 Å². The van der Waals surface area contributed by atoms with E-state index in [4.69, 9.17) is 11.6 Å². The molecule has 1 aliphatic rings. The summed E-state index contributed by atoms with van der Waals surface area (Å²) in [5.74, 6) is -0.950. The van der Waals surface area contributed by atoms with Gasteiger partial charge in [0, 0.05) is 61.3 Å². The fourth-order valence-corrected chi connectivity index (χ4v) is 3.48. The van der Waals surface area contributed by atoms with Gasteiger partial charge in [0.2, 0.25) is 5.28 Å². The second kappa shape index (κ2) is 6.64. The molecule has 0 bridgehead atoms. The summed E-state index contributed by atoms with van der Waals surface area (Å²) in [6.07, 6.45) is 1.62. The summed E-state index contributed by atoms with van der Waals surface area (Å²) in [5, 5.41) is 0.848. The average Bonchev–Trinajstić information content (AvgIpc) is 2.62. The first-order valence-electron chi connectivity index (χ1n) is 8.26. The first-order valence-corrected chi connectivity index (χ1v) is 8.64. The van der Waals surface area contributed by atoms with Gasteiger partial charge >= 0.3 is 0 Å². The predicted molar refractivity (Wildman–Crippen MR) is 97.9 cm³/mol. The van der Waals surface area contributed by atoms with Gasteiger partial charge in [0.25, 0.3) is 0 Å². The van der Waals surface area contributed by atoms with Crippen LogP contribution in [0.5, 0.6) is 0 Å². The van der Waals surface area contributed by atoms with Crippen molar-refractivity contribution in [2.45, 2.75) is 6.92 Å². The maximum absolute atomic E-state index is 13.7. The Morgan fingerprint density at radius 2 is 1.65 bits per heavy atom. The number of fused-ring (bicyclic) bond motifs is 1. The second-order valence-electron chi connectivity index (χ2n) is 6.22. The molecule has 0 atom stereocenters. The van der Waals surface area contributed by atoms with Crippen molar-refractivity contribution >= 4 is 34.0 Å². The van der Waals surface area contributed by atoms with Crippen molar-refractivity contribution in [3.63, 3.8) is 0 Å². The van der Waals surface area contributed by atoms with Gasteiger partial charge < -0.3 is 9.80 Å². The molecule has 1 saturated heterocycles. The molecule has 0 unspecified atom stereocenters. The van der Waals surface area contributed by atoms with Gasteiger partial charge in [-0.05, 0) is 30.7 Å². The number of hydrogen-bond donors (Lipinski definition) is 0. The SMILES string of the molecule is Cc1cc(N2CCN(c3ccnc4cc(F)c(F)cc34)CC2)nc(Cl)n1. The average molecular weight is 376 g/mol. The summed E-state index contributed by atoms with van der Waals surface area (Å²) in [6, 6.07) is 6.09. The van der Waals surface area contributed by atoms with Crippen molar-refractivity contribution in [1.82, 2.24) is 15.0 Å². The highest BCUT2D eigenvalue weighted by Gasteiger charge is 2.21. The summed E-state index contributed by atoms with van der Waals surface area (Å²) < 4.78 is 27.2. The zero-order chi connectivity index (χ0) is 18.3. The molecule has 4 rings (SSSR count). The minimum atomic E-state index is -0.886. The summed E-state index contributed by atoms with van der Waals surface area (Å²) in [6.45, 7) is 4.79. The highest BCUT2D eigenvalue weighted by Crippen LogP contribution is 2.28. The number of hydrogen-bond acceptors (Lipinski definition) is 5. The molecule has 26 heavy (non-hydrogen) atoms. The Kier molecular flexibility index (Phi) is 4.32. The molecule has 0 amide bonds. The minimum Gasteiger partial charge on any atom is -0.367 e. The zero-order valence-electron chi connectivity index (χ0n) is 14.1. The number of aryl methyl sites for hydroxylation is 1. The van der Waals surface area contributed by atoms with Crippen molar-refractivity contribution in [2.75, 3.05) is 36.0 Å². The van der Waals surface area contributed by atoms with Crippen LogP contribution in [-0.4, -0.2) is 41.1 Å². The third kappa shape index (κ3) is 3.14. The lowest BCUT2D eigenvalue weighted by Gasteiger charge is -2.37. The van der Waals surface area contributed by atoms with Crippen LogP contribution in [-0.2, 0) is 0 Å². The molecule has 1 fully saturated rings. The molecule has 5 nitrogen and oxygen atoms in total. The number of pyridine rings is 1. The molecule has 1 aliphatic heterocycles. The van der Waals surface area contributed by atoms with Crippen molar-refractivity contribution in [3.8, 4) is 0 Å². The molecule has 0 N–H and O–H groups in total. The van der Waals surface area contributed by atoms with Gasteiger partial charge in [-0.1, -0.05) is 0 Å². The highest BCUT2D eigenvalue weighted by atomic mass is 35.5. The van der Waals surface area contributed by atoms with Crippen molar-refractivity contribution < 1.29 is 8.78 Å². The summed E-state index contributed by atoms with van der Waals surface area (Å²) >= 11 is 5.95. The van der Waals surface area contributed by atoms with Crippen molar-refractivity contribution in [3.05, 3.63) is 53.1 Å². The first-order chi connectivity index (χ1) is 12.5. The number of benzene rings is 1. The van der Waals surface area contributed by atoms with Crippen LogP contribution < -0.4 is 9.80 Å². The smallest absolute Gasteiger partial charge is 0.224 e. The van der Waals surface area contributed by atoms with E-state index in [1.165, 1.54) is 6.07 Å². The molecule has 8 heteroatoms. The van der Waals surface area contributed by atoms with Crippen LogP contribution in [0.15, 0.2) is 30.5 Å². The maximum Gasteiger partial charge on any atom is 0.224 e. The van der Waals surface area contributed by atoms with E-state index in [0.29, 0.717) is 10.9 Å². The third-order valence-electron chi connectivity index (χ3n) is 4.52. The number of anilines is 2. The van der Waals surface area contributed by atoms with E-state index in [-0.39, 0.29) is 5.28 Å². The van der Waals surface area contributed by atoms with Gasteiger partial charge in [-0.25, -0.2) is 18.7 Å². The third-order valence-corrected chi connectivity index (χ3v) is 4.69. The topological polar surface area (TPSA) is 45.2 Å². The largest absolute Gasteiger partial charge is 0.367 e. The molecule has 3 heterocycles. The first kappa shape index (κ1) is 16.9. The molecule has 0 saturated carbocycles. The van der Waals surface area contributed by atoms with E-state index in [9.17, 15) is 8.78 Å². The van der Waals surface area contributed by atoms with Crippen LogP contribution in [0.3, 0.4) is 0 Å². The zero-order valence-corrected chi connectivity index (χ0v) is 14.8. The lowest BCUT2D eigenvalue weighted by molar-refractivity contribution is 0.510. The summed E-state index contributed by atoms with van der Waals surface area (Å²) in [7, 11) is 0. The molecule has 134 valence electrons. The maximum atomic E-state index is 13.7. The Hall–Kier alpha value is -2.54. The molecule has 0 aliphatic carbocycles. The second-order valence-corrected chi connectivity index (χ2v) is 6.56. The van der Waals surface area contributed by atoms with Gasteiger partial charge in [-0.15, -0.1) is 0 Å². The molecular weight excluding hydrogens is 360 g/mol. The molecule has 2 aromatic heterocycles. The van der Waals surface area contributed by atoms with Crippen LogP contribution >= 0.6 is 11.6 Å². The van der Waals surface area contributed by atoms with Crippen LogP contribution in [0, 0.1) is 18.6 Å². The van der Waals surface area contributed by atoms with E-state index in [2.05, 4.69) is 24.8 Å². The van der Waals surface area contributed by atoms with Crippen LogP contribution in [0.1, 0.15) is 5.69 Å².